The van der Waals surface area contributed by atoms with Crippen LogP contribution in [0.3, 0.4) is 0 Å². The van der Waals surface area contributed by atoms with Gasteiger partial charge >= 0.3 is 0 Å². The molecule has 0 saturated heterocycles. The van der Waals surface area contributed by atoms with Crippen molar-refractivity contribution in [3.8, 4) is 0 Å². The summed E-state index contributed by atoms with van der Waals surface area (Å²) in [5.41, 5.74) is 1.38. The van der Waals surface area contributed by atoms with Crippen molar-refractivity contribution in [2.75, 3.05) is 5.32 Å². The molecule has 0 saturated carbocycles. The van der Waals surface area contributed by atoms with Crippen LogP contribution in [0.25, 0.3) is 0 Å². The molecule has 1 aromatic carbocycles. The van der Waals surface area contributed by atoms with Crippen molar-refractivity contribution in [1.29, 1.82) is 0 Å². The second kappa shape index (κ2) is 11.9. The zero-order chi connectivity index (χ0) is 25.4. The van der Waals surface area contributed by atoms with E-state index < -0.39 is 23.7 Å². The third kappa shape index (κ3) is 7.49. The van der Waals surface area contributed by atoms with Crippen LogP contribution in [0.1, 0.15) is 49.6 Å². The van der Waals surface area contributed by atoms with Crippen LogP contribution >= 0.6 is 0 Å². The summed E-state index contributed by atoms with van der Waals surface area (Å²) in [6.45, 7) is 5.50. The highest BCUT2D eigenvalue weighted by Crippen LogP contribution is 2.26. The number of nitrogens with one attached hydrogen (secondary N) is 2. The lowest BCUT2D eigenvalue weighted by molar-refractivity contribution is -0.142. The first-order valence-electron chi connectivity index (χ1n) is 11.3. The number of carbonyl (C=O) groups is 3. The molecule has 0 radical (unpaired) electrons. The maximum absolute atomic E-state index is 13.6. The predicted molar refractivity (Wildman–Crippen MR) is 129 cm³/mol. The molecule has 3 aromatic rings. The van der Waals surface area contributed by atoms with E-state index in [0.717, 1.165) is 5.56 Å². The normalized spacial score (nSPS) is 11.7. The van der Waals surface area contributed by atoms with Gasteiger partial charge in [0.15, 0.2) is 0 Å². The van der Waals surface area contributed by atoms with Crippen molar-refractivity contribution in [2.24, 2.45) is 0 Å². The summed E-state index contributed by atoms with van der Waals surface area (Å²) in [4.78, 5) is 44.5. The zero-order valence-corrected chi connectivity index (χ0v) is 20.0. The SMILES string of the molecule is Cc1ccnc(NC(=O)CCC(=O)N(Cc2ccco2)[C@@H](C(=O)NC(C)C)c2ccc(F)cc2)c1. The first kappa shape index (κ1) is 25.6. The summed E-state index contributed by atoms with van der Waals surface area (Å²) in [6.07, 6.45) is 2.80. The van der Waals surface area contributed by atoms with Crippen LogP contribution in [0.2, 0.25) is 0 Å². The molecule has 0 spiro atoms. The standard InChI is InChI=1S/C26H29FN4O4/c1-17(2)29-26(34)25(19-6-8-20(27)9-7-19)31(16-21-5-4-14-35-21)24(33)11-10-23(32)30-22-15-18(3)12-13-28-22/h4-9,12-15,17,25H,10-11,16H2,1-3H3,(H,29,34)(H,28,30,32)/t25-/m1/s1. The largest absolute Gasteiger partial charge is 0.467 e. The van der Waals surface area contributed by atoms with Crippen LogP contribution in [0.5, 0.6) is 0 Å². The number of benzene rings is 1. The molecule has 0 aliphatic rings. The number of furan rings is 1. The van der Waals surface area contributed by atoms with Gasteiger partial charge in [0.1, 0.15) is 23.4 Å². The van der Waals surface area contributed by atoms with Crippen molar-refractivity contribution in [3.63, 3.8) is 0 Å². The highest BCUT2D eigenvalue weighted by Gasteiger charge is 2.32. The summed E-state index contributed by atoms with van der Waals surface area (Å²) < 4.78 is 19.0. The lowest BCUT2D eigenvalue weighted by Gasteiger charge is -2.31. The molecule has 184 valence electrons. The van der Waals surface area contributed by atoms with E-state index >= 15 is 0 Å². The Morgan fingerprint density at radius 2 is 1.83 bits per heavy atom. The highest BCUT2D eigenvalue weighted by molar-refractivity contribution is 5.94. The van der Waals surface area contributed by atoms with Crippen molar-refractivity contribution in [3.05, 3.63) is 83.7 Å². The first-order chi connectivity index (χ1) is 16.7. The predicted octanol–water partition coefficient (Wildman–Crippen LogP) is 4.14. The number of amides is 3. The van der Waals surface area contributed by atoms with Gasteiger partial charge in [0.25, 0.3) is 0 Å². The van der Waals surface area contributed by atoms with Crippen LogP contribution in [0.15, 0.2) is 65.4 Å². The lowest BCUT2D eigenvalue weighted by Crippen LogP contribution is -2.45. The Kier molecular flexibility index (Phi) is 8.72. The molecule has 2 aromatic heterocycles. The molecule has 1 atom stereocenters. The van der Waals surface area contributed by atoms with Crippen LogP contribution in [0.4, 0.5) is 10.2 Å². The maximum Gasteiger partial charge on any atom is 0.247 e. The summed E-state index contributed by atoms with van der Waals surface area (Å²) in [7, 11) is 0. The van der Waals surface area contributed by atoms with Crippen LogP contribution < -0.4 is 10.6 Å². The number of hydrogen-bond donors (Lipinski definition) is 2. The van der Waals surface area contributed by atoms with Gasteiger partial charge < -0.3 is 20.0 Å². The van der Waals surface area contributed by atoms with E-state index in [1.54, 1.807) is 24.4 Å². The van der Waals surface area contributed by atoms with E-state index in [1.165, 1.54) is 35.4 Å². The minimum Gasteiger partial charge on any atom is -0.467 e. The Labute approximate surface area is 203 Å². The maximum atomic E-state index is 13.6. The van der Waals surface area contributed by atoms with E-state index in [1.807, 2.05) is 26.8 Å². The number of pyridine rings is 1. The number of halogens is 1. The van der Waals surface area contributed by atoms with Gasteiger partial charge in [-0.05, 0) is 68.3 Å². The Morgan fingerprint density at radius 1 is 1.09 bits per heavy atom. The average Bonchev–Trinajstić information content (AvgIpc) is 3.31. The highest BCUT2D eigenvalue weighted by atomic mass is 19.1. The van der Waals surface area contributed by atoms with E-state index in [9.17, 15) is 18.8 Å². The first-order valence-corrected chi connectivity index (χ1v) is 11.3. The minimum absolute atomic E-state index is 0.000443. The van der Waals surface area contributed by atoms with Crippen molar-refractivity contribution in [1.82, 2.24) is 15.2 Å². The Hall–Kier alpha value is -4.01. The molecule has 2 N–H and O–H groups in total. The molecule has 3 rings (SSSR count). The fraction of sp³-hybridized carbons (Fsp3) is 0.308. The van der Waals surface area contributed by atoms with E-state index in [2.05, 4.69) is 15.6 Å². The topological polar surface area (TPSA) is 105 Å². The lowest BCUT2D eigenvalue weighted by atomic mass is 10.0. The molecule has 2 heterocycles. The van der Waals surface area contributed by atoms with Gasteiger partial charge in [-0.2, -0.15) is 0 Å². The van der Waals surface area contributed by atoms with Crippen LogP contribution in [-0.4, -0.2) is 33.6 Å². The third-order valence-electron chi connectivity index (χ3n) is 5.15. The quantitative estimate of drug-likeness (QED) is 0.454. The molecule has 0 aliphatic heterocycles. The Morgan fingerprint density at radius 3 is 2.46 bits per heavy atom. The third-order valence-corrected chi connectivity index (χ3v) is 5.15. The number of aromatic nitrogens is 1. The van der Waals surface area contributed by atoms with Gasteiger partial charge in [-0.25, -0.2) is 9.37 Å². The molecule has 0 aliphatic carbocycles. The van der Waals surface area contributed by atoms with E-state index in [4.69, 9.17) is 4.42 Å². The molecule has 0 fully saturated rings. The summed E-state index contributed by atoms with van der Waals surface area (Å²) in [6, 6.07) is 11.1. The molecule has 8 nitrogen and oxygen atoms in total. The van der Waals surface area contributed by atoms with Gasteiger partial charge in [0.2, 0.25) is 17.7 Å². The Balaban J connectivity index is 1.83. The minimum atomic E-state index is -1.04. The second-order valence-electron chi connectivity index (χ2n) is 8.48. The molecule has 3 amide bonds. The van der Waals surface area contributed by atoms with Gasteiger partial charge in [-0.15, -0.1) is 0 Å². The van der Waals surface area contributed by atoms with E-state index in [-0.39, 0.29) is 31.3 Å². The van der Waals surface area contributed by atoms with Crippen LogP contribution in [-0.2, 0) is 20.9 Å². The van der Waals surface area contributed by atoms with Crippen LogP contribution in [0, 0.1) is 12.7 Å². The number of hydrogen-bond acceptors (Lipinski definition) is 5. The molecule has 9 heteroatoms. The van der Waals surface area contributed by atoms with Crippen molar-refractivity contribution < 1.29 is 23.2 Å². The Bertz CT molecular complexity index is 1150. The van der Waals surface area contributed by atoms with Crippen molar-refractivity contribution in [2.45, 2.75) is 52.2 Å². The van der Waals surface area contributed by atoms with Gasteiger partial charge in [-0.3, -0.25) is 14.4 Å². The molecule has 0 bridgehead atoms. The summed E-state index contributed by atoms with van der Waals surface area (Å²) in [5.74, 6) is -0.810. The average molecular weight is 481 g/mol. The fourth-order valence-corrected chi connectivity index (χ4v) is 3.55. The fourth-order valence-electron chi connectivity index (χ4n) is 3.55. The number of aryl methyl sites for hydroxylation is 1. The molecule has 35 heavy (non-hydrogen) atoms. The molecular weight excluding hydrogens is 451 g/mol. The summed E-state index contributed by atoms with van der Waals surface area (Å²) in [5, 5.41) is 5.51. The zero-order valence-electron chi connectivity index (χ0n) is 20.0. The van der Waals surface area contributed by atoms with Gasteiger partial charge in [0, 0.05) is 25.1 Å². The number of nitrogens with zero attached hydrogens (tertiary/aromatic N) is 2. The van der Waals surface area contributed by atoms with Gasteiger partial charge in [0.05, 0.1) is 12.8 Å². The smallest absolute Gasteiger partial charge is 0.247 e. The monoisotopic (exact) mass is 480 g/mol. The van der Waals surface area contributed by atoms with Gasteiger partial charge in [-0.1, -0.05) is 12.1 Å². The summed E-state index contributed by atoms with van der Waals surface area (Å²) >= 11 is 0. The second-order valence-corrected chi connectivity index (χ2v) is 8.48. The number of carbonyl (C=O) groups excluding carboxylic acids is 3. The number of anilines is 1. The van der Waals surface area contributed by atoms with E-state index in [0.29, 0.717) is 17.1 Å². The van der Waals surface area contributed by atoms with Crippen molar-refractivity contribution >= 4 is 23.5 Å². The number of rotatable bonds is 10. The molecule has 0 unspecified atom stereocenters. The molecular formula is C26H29FN4O4.